The summed E-state index contributed by atoms with van der Waals surface area (Å²) in [5.41, 5.74) is 23.5. The number of hydrogen-bond donors (Lipinski definition) is 0. The molecule has 3 aliphatic carbocycles. The molecule has 7 aromatic rings. The maximum atomic E-state index is 7.02. The monoisotopic (exact) mass is 867 g/mol. The minimum atomic E-state index is -0.0378. The number of aryl methyl sites for hydroxylation is 1. The summed E-state index contributed by atoms with van der Waals surface area (Å²) in [5.74, 6) is 0.286. The third-order valence-corrected chi connectivity index (χ3v) is 19.4. The van der Waals surface area contributed by atoms with Crippen molar-refractivity contribution in [3.05, 3.63) is 142 Å². The number of nitrogens with zero attached hydrogens (tertiary/aromatic N) is 2. The molecule has 0 saturated heterocycles. The van der Waals surface area contributed by atoms with Crippen LogP contribution in [-0.4, -0.2) is 12.3 Å². The Hall–Kier alpha value is -5.22. The van der Waals surface area contributed by atoms with Crippen LogP contribution in [0.5, 0.6) is 0 Å². The second kappa shape index (κ2) is 13.1. The van der Waals surface area contributed by atoms with E-state index in [4.69, 9.17) is 4.42 Å². The molecule has 6 aliphatic rings. The van der Waals surface area contributed by atoms with Crippen molar-refractivity contribution in [1.82, 2.24) is 0 Å². The fourth-order valence-electron chi connectivity index (χ4n) is 15.3. The lowest BCUT2D eigenvalue weighted by Gasteiger charge is -2.53. The van der Waals surface area contributed by atoms with E-state index in [2.05, 4.69) is 189 Å². The predicted molar refractivity (Wildman–Crippen MR) is 280 cm³/mol. The van der Waals surface area contributed by atoms with Gasteiger partial charge in [-0.2, -0.15) is 0 Å². The molecule has 0 amide bonds. The molecular weight excluding hydrogens is 800 g/mol. The number of furan rings is 1. The van der Waals surface area contributed by atoms with Crippen LogP contribution in [0.3, 0.4) is 0 Å². The zero-order valence-corrected chi connectivity index (χ0v) is 41.4. The van der Waals surface area contributed by atoms with E-state index < -0.39 is 0 Å². The molecular formula is C62H67BN2O. The van der Waals surface area contributed by atoms with Gasteiger partial charge in [0.25, 0.3) is 6.71 Å². The van der Waals surface area contributed by atoms with Crippen LogP contribution < -0.4 is 26.2 Å². The topological polar surface area (TPSA) is 19.6 Å². The molecule has 334 valence electrons. The van der Waals surface area contributed by atoms with E-state index in [-0.39, 0.29) is 45.2 Å². The summed E-state index contributed by atoms with van der Waals surface area (Å²) in [6.45, 7) is 27.3. The van der Waals surface area contributed by atoms with Gasteiger partial charge in [-0.3, -0.25) is 0 Å². The van der Waals surface area contributed by atoms with Crippen molar-refractivity contribution < 1.29 is 4.42 Å². The van der Waals surface area contributed by atoms with Crippen molar-refractivity contribution in [3.63, 3.8) is 0 Å². The summed E-state index contributed by atoms with van der Waals surface area (Å²) in [6.07, 6.45) is 10.0. The Bertz CT molecular complexity index is 3250. The van der Waals surface area contributed by atoms with E-state index >= 15 is 0 Å². The Morgan fingerprint density at radius 2 is 1.29 bits per heavy atom. The van der Waals surface area contributed by atoms with Crippen LogP contribution in [0, 0.1) is 12.3 Å². The third kappa shape index (κ3) is 5.02. The number of para-hydroxylation sites is 2. The molecule has 0 spiro atoms. The van der Waals surface area contributed by atoms with Gasteiger partial charge in [0.05, 0.1) is 11.2 Å². The Morgan fingerprint density at radius 3 is 2.08 bits per heavy atom. The van der Waals surface area contributed by atoms with E-state index in [0.717, 1.165) is 16.9 Å². The first-order valence-corrected chi connectivity index (χ1v) is 25.5. The Morgan fingerprint density at radius 1 is 0.591 bits per heavy atom. The lowest BCUT2D eigenvalue weighted by atomic mass is 9.33. The van der Waals surface area contributed by atoms with Gasteiger partial charge in [-0.1, -0.05) is 161 Å². The second-order valence-corrected chi connectivity index (χ2v) is 24.9. The number of fused-ring (bicyclic) bond motifs is 13. The van der Waals surface area contributed by atoms with E-state index in [1.54, 1.807) is 16.7 Å². The quantitative estimate of drug-likeness (QED) is 0.161. The SMILES string of the molecule is Cc1cc2c3c(c1)N1c4c(cc(C(C)(C)C)cc4C4(C)CCCCC14C)B3c1ccc(C3c4ccc(C(C)(C)C)cc4C4(C)CCCCC34C)cc1N2c1cccc2c1oc1ccccc12. The number of rotatable bonds is 2. The maximum absolute atomic E-state index is 7.02. The summed E-state index contributed by atoms with van der Waals surface area (Å²) < 4.78 is 7.02. The Kier molecular flexibility index (Phi) is 8.11. The van der Waals surface area contributed by atoms with Crippen LogP contribution in [-0.2, 0) is 21.7 Å². The van der Waals surface area contributed by atoms with Gasteiger partial charge < -0.3 is 14.2 Å². The first-order chi connectivity index (χ1) is 31.4. The molecule has 2 fully saturated rings. The molecule has 5 atom stereocenters. The summed E-state index contributed by atoms with van der Waals surface area (Å²) in [7, 11) is 0. The average Bonchev–Trinajstić information content (AvgIpc) is 3.83. The fraction of sp³-hybridized carbons (Fsp3) is 0.419. The van der Waals surface area contributed by atoms with Crippen LogP contribution >= 0.6 is 0 Å². The normalized spacial score (nSPS) is 27.1. The third-order valence-electron chi connectivity index (χ3n) is 19.4. The molecule has 3 nitrogen and oxygen atoms in total. The van der Waals surface area contributed by atoms with Crippen molar-refractivity contribution >= 4 is 73.5 Å². The summed E-state index contributed by atoms with van der Waals surface area (Å²) in [6, 6.07) is 41.3. The molecule has 3 aliphatic heterocycles. The highest BCUT2D eigenvalue weighted by Crippen LogP contribution is 2.68. The molecule has 4 heterocycles. The first-order valence-electron chi connectivity index (χ1n) is 25.5. The van der Waals surface area contributed by atoms with Gasteiger partial charge in [-0.05, 0) is 147 Å². The van der Waals surface area contributed by atoms with E-state index in [1.165, 1.54) is 124 Å². The number of hydrogen-bond acceptors (Lipinski definition) is 3. The van der Waals surface area contributed by atoms with Crippen LogP contribution in [0.2, 0.25) is 0 Å². The number of anilines is 5. The zero-order valence-electron chi connectivity index (χ0n) is 41.4. The minimum Gasteiger partial charge on any atom is -0.454 e. The maximum Gasteiger partial charge on any atom is 0.252 e. The standard InChI is InChI=1S/C62H67BN2O/c1-37-31-50-54-51(32-37)65-55-45(60(9)28-16-17-30-62(60,65)11)35-40(58(5,6)7)36-47(55)63(54)46-26-23-38(33-49(46)64(50)48-21-18-20-42-41-19-12-13-22-52(41)66-56(42)48)53-43-25-24-39(57(2,3)4)34-44(43)59(8)27-14-15-29-61(53,59)10/h12-13,18-26,31-36,53H,14-17,27-30H2,1-11H3. The fourth-order valence-corrected chi connectivity index (χ4v) is 15.3. The van der Waals surface area contributed by atoms with Gasteiger partial charge in [-0.15, -0.1) is 0 Å². The smallest absolute Gasteiger partial charge is 0.252 e. The molecule has 4 heteroatoms. The predicted octanol–water partition coefficient (Wildman–Crippen LogP) is 14.8. The van der Waals surface area contributed by atoms with Crippen LogP contribution in [0.4, 0.5) is 28.4 Å². The number of benzene rings is 6. The highest BCUT2D eigenvalue weighted by atomic mass is 16.3. The Balaban J connectivity index is 1.13. The summed E-state index contributed by atoms with van der Waals surface area (Å²) in [4.78, 5) is 5.54. The van der Waals surface area contributed by atoms with Crippen molar-refractivity contribution in [1.29, 1.82) is 0 Å². The molecule has 1 aromatic heterocycles. The minimum absolute atomic E-state index is 0.00585. The van der Waals surface area contributed by atoms with Gasteiger partial charge in [0.1, 0.15) is 5.58 Å². The van der Waals surface area contributed by atoms with E-state index in [9.17, 15) is 0 Å². The van der Waals surface area contributed by atoms with Crippen molar-refractivity contribution in [3.8, 4) is 0 Å². The van der Waals surface area contributed by atoms with Crippen LogP contribution in [0.25, 0.3) is 21.9 Å². The molecule has 66 heavy (non-hydrogen) atoms. The van der Waals surface area contributed by atoms with E-state index in [0.29, 0.717) is 0 Å². The highest BCUT2D eigenvalue weighted by Gasteiger charge is 2.62. The molecule has 0 N–H and O–H groups in total. The van der Waals surface area contributed by atoms with Gasteiger partial charge in [0.2, 0.25) is 0 Å². The lowest BCUT2D eigenvalue weighted by Crippen LogP contribution is -2.64. The molecule has 0 radical (unpaired) electrons. The Labute approximate surface area is 394 Å². The molecule has 2 saturated carbocycles. The lowest BCUT2D eigenvalue weighted by molar-refractivity contribution is 0.0923. The second-order valence-electron chi connectivity index (χ2n) is 24.9. The zero-order chi connectivity index (χ0) is 45.7. The molecule has 13 rings (SSSR count). The summed E-state index contributed by atoms with van der Waals surface area (Å²) >= 11 is 0. The average molecular weight is 867 g/mol. The van der Waals surface area contributed by atoms with Gasteiger partial charge in [0.15, 0.2) is 5.58 Å². The van der Waals surface area contributed by atoms with Crippen molar-refractivity contribution in [2.75, 3.05) is 9.80 Å². The highest BCUT2D eigenvalue weighted by molar-refractivity contribution is 7.00. The first kappa shape index (κ1) is 41.0. The largest absolute Gasteiger partial charge is 0.454 e. The van der Waals surface area contributed by atoms with Gasteiger partial charge in [-0.25, -0.2) is 0 Å². The van der Waals surface area contributed by atoms with Gasteiger partial charge in [0, 0.05) is 44.9 Å². The summed E-state index contributed by atoms with van der Waals surface area (Å²) in [5, 5.41) is 2.34. The van der Waals surface area contributed by atoms with E-state index in [1.807, 2.05) is 0 Å². The van der Waals surface area contributed by atoms with Crippen LogP contribution in [0.1, 0.15) is 165 Å². The van der Waals surface area contributed by atoms with Crippen molar-refractivity contribution in [2.45, 2.75) is 161 Å². The molecule has 0 bridgehead atoms. The van der Waals surface area contributed by atoms with Gasteiger partial charge >= 0.3 is 0 Å². The van der Waals surface area contributed by atoms with Crippen molar-refractivity contribution in [2.24, 2.45) is 5.41 Å². The molecule has 5 unspecified atom stereocenters. The molecule has 6 aromatic carbocycles. The van der Waals surface area contributed by atoms with Crippen LogP contribution in [0.15, 0.2) is 108 Å².